The Morgan fingerprint density at radius 2 is 1.33 bits per heavy atom. The number of allylic oxidation sites excluding steroid dienone is 1. The van der Waals surface area contributed by atoms with E-state index in [-0.39, 0.29) is 0 Å². The molecule has 116 valence electrons. The van der Waals surface area contributed by atoms with Crippen LogP contribution in [-0.4, -0.2) is 0 Å². The van der Waals surface area contributed by atoms with Gasteiger partial charge in [-0.2, -0.15) is 0 Å². The highest BCUT2D eigenvalue weighted by molar-refractivity contribution is 5.21. The summed E-state index contributed by atoms with van der Waals surface area (Å²) in [5.74, 6) is 4.36. The molecular formula is C20H31N. The first kappa shape index (κ1) is 14.2. The molecule has 1 heterocycles. The van der Waals surface area contributed by atoms with Gasteiger partial charge in [0, 0.05) is 0 Å². The van der Waals surface area contributed by atoms with Crippen molar-refractivity contribution in [3.8, 4) is 0 Å². The van der Waals surface area contributed by atoms with Crippen molar-refractivity contribution in [2.24, 2.45) is 29.6 Å². The van der Waals surface area contributed by atoms with Gasteiger partial charge in [-0.25, -0.2) is 0 Å². The fraction of sp³-hybridized carbons (Fsp3) is 0.850. The number of hydrogen-bond donors (Lipinski definition) is 1. The maximum Gasteiger partial charge on any atom is 0.0919 e. The molecule has 4 aliphatic rings. The van der Waals surface area contributed by atoms with Gasteiger partial charge in [0.25, 0.3) is 0 Å². The topological polar surface area (TPSA) is 12.0 Å². The summed E-state index contributed by atoms with van der Waals surface area (Å²) < 4.78 is 0. The van der Waals surface area contributed by atoms with Crippen LogP contribution >= 0.6 is 0 Å². The normalized spacial score (nSPS) is 36.1. The molecule has 3 saturated carbocycles. The standard InChI is InChI=1S/C20H31N/c1-2-8-15(7-1)18-13-21-14-19(16-9-3-4-10-16)20(18)17-11-5-6-12-17/h13,15-17,19-21H,1-12H2. The van der Waals surface area contributed by atoms with E-state index >= 15 is 0 Å². The highest BCUT2D eigenvalue weighted by Gasteiger charge is 2.42. The van der Waals surface area contributed by atoms with Crippen molar-refractivity contribution in [1.82, 2.24) is 5.32 Å². The minimum absolute atomic E-state index is 0.719. The van der Waals surface area contributed by atoms with Crippen molar-refractivity contribution in [3.05, 3.63) is 18.3 Å². The van der Waals surface area contributed by atoms with Crippen LogP contribution in [0.4, 0.5) is 0 Å². The van der Waals surface area contributed by atoms with Crippen LogP contribution in [0.3, 0.4) is 0 Å². The van der Waals surface area contributed by atoms with E-state index in [1.54, 1.807) is 0 Å². The molecule has 21 heavy (non-hydrogen) atoms. The average molecular weight is 285 g/mol. The lowest BCUT2D eigenvalue weighted by Crippen LogP contribution is -2.38. The monoisotopic (exact) mass is 285 g/mol. The van der Waals surface area contributed by atoms with E-state index in [1.165, 1.54) is 77.0 Å². The van der Waals surface area contributed by atoms with Crippen LogP contribution in [0.25, 0.3) is 0 Å². The van der Waals surface area contributed by atoms with E-state index in [9.17, 15) is 0 Å². The third-order valence-electron chi connectivity index (χ3n) is 6.90. The predicted octanol–water partition coefficient (Wildman–Crippen LogP) is 5.32. The third-order valence-corrected chi connectivity index (χ3v) is 6.90. The van der Waals surface area contributed by atoms with Crippen LogP contribution < -0.4 is 5.32 Å². The van der Waals surface area contributed by atoms with Crippen LogP contribution in [0.1, 0.15) is 77.0 Å². The van der Waals surface area contributed by atoms with Crippen molar-refractivity contribution in [1.29, 1.82) is 0 Å². The zero-order valence-corrected chi connectivity index (χ0v) is 13.4. The minimum atomic E-state index is 0.719. The first-order valence-corrected chi connectivity index (χ1v) is 9.64. The third kappa shape index (κ3) is 2.78. The fourth-order valence-electron chi connectivity index (χ4n) is 5.87. The van der Waals surface area contributed by atoms with Gasteiger partial charge in [0.2, 0.25) is 0 Å². The highest BCUT2D eigenvalue weighted by Crippen LogP contribution is 2.51. The number of rotatable bonds is 3. The van der Waals surface area contributed by atoms with Crippen molar-refractivity contribution in [3.63, 3.8) is 0 Å². The molecule has 0 aromatic heterocycles. The fourth-order valence-corrected chi connectivity index (χ4v) is 5.87. The van der Waals surface area contributed by atoms with Gasteiger partial charge in [0.1, 0.15) is 0 Å². The summed E-state index contributed by atoms with van der Waals surface area (Å²) in [6.07, 6.45) is 20.0. The molecule has 2 radical (unpaired) electrons. The average Bonchev–Trinajstić information content (AvgIpc) is 3.28. The summed E-state index contributed by atoms with van der Waals surface area (Å²) in [6.45, 7) is 3.72. The predicted molar refractivity (Wildman–Crippen MR) is 87.3 cm³/mol. The summed E-state index contributed by atoms with van der Waals surface area (Å²) in [6, 6.07) is 0. The van der Waals surface area contributed by atoms with E-state index in [0.717, 1.165) is 29.6 Å². The van der Waals surface area contributed by atoms with Gasteiger partial charge in [-0.1, -0.05) is 51.4 Å². The van der Waals surface area contributed by atoms with Gasteiger partial charge in [-0.05, 0) is 67.0 Å². The Morgan fingerprint density at radius 3 is 2.00 bits per heavy atom. The van der Waals surface area contributed by atoms with E-state index in [1.807, 2.05) is 5.57 Å². The molecule has 1 nitrogen and oxygen atoms in total. The molecule has 1 aliphatic heterocycles. The number of nitrogens with one attached hydrogen (secondary N) is 1. The Balaban J connectivity index is 1.59. The maximum atomic E-state index is 3.72. The lowest BCUT2D eigenvalue weighted by molar-refractivity contribution is 0.192. The molecular weight excluding hydrogens is 254 g/mol. The molecule has 1 heteroatoms. The summed E-state index contributed by atoms with van der Waals surface area (Å²) >= 11 is 0. The molecule has 1 N–H and O–H groups in total. The Bertz CT molecular complexity index is 367. The zero-order chi connectivity index (χ0) is 14.1. The SMILES string of the molecule is [C]1NC=C(C2CCCC2)C(C2CCCC2)C1C1CCCC1. The summed E-state index contributed by atoms with van der Waals surface area (Å²) in [7, 11) is 0. The Labute approximate surface area is 131 Å². The lowest BCUT2D eigenvalue weighted by Gasteiger charge is -2.41. The van der Waals surface area contributed by atoms with Crippen LogP contribution in [0.5, 0.6) is 0 Å². The largest absolute Gasteiger partial charge is 0.381 e. The Kier molecular flexibility index (Phi) is 4.27. The minimum Gasteiger partial charge on any atom is -0.381 e. The van der Waals surface area contributed by atoms with Crippen LogP contribution in [0.15, 0.2) is 11.8 Å². The molecule has 0 amide bonds. The molecule has 4 rings (SSSR count). The summed E-state index contributed by atoms with van der Waals surface area (Å²) in [4.78, 5) is 0. The van der Waals surface area contributed by atoms with Gasteiger partial charge in [-0.15, -0.1) is 0 Å². The smallest absolute Gasteiger partial charge is 0.0919 e. The van der Waals surface area contributed by atoms with Gasteiger partial charge in [0.15, 0.2) is 0 Å². The van der Waals surface area contributed by atoms with Crippen molar-refractivity contribution >= 4 is 0 Å². The second kappa shape index (κ2) is 6.34. The molecule has 0 spiro atoms. The molecule has 2 unspecified atom stereocenters. The molecule has 3 aliphatic carbocycles. The van der Waals surface area contributed by atoms with Gasteiger partial charge in [0.05, 0.1) is 6.54 Å². The summed E-state index contributed by atoms with van der Waals surface area (Å²) in [5, 5.41) is 3.48. The molecule has 0 aromatic carbocycles. The molecule has 2 atom stereocenters. The Morgan fingerprint density at radius 1 is 0.762 bits per heavy atom. The van der Waals surface area contributed by atoms with Crippen LogP contribution in [-0.2, 0) is 0 Å². The number of hydrogen-bond acceptors (Lipinski definition) is 1. The van der Waals surface area contributed by atoms with E-state index < -0.39 is 0 Å². The van der Waals surface area contributed by atoms with E-state index in [4.69, 9.17) is 0 Å². The van der Waals surface area contributed by atoms with Crippen LogP contribution in [0.2, 0.25) is 0 Å². The lowest BCUT2D eigenvalue weighted by atomic mass is 9.66. The second-order valence-electron chi connectivity index (χ2n) is 8.06. The van der Waals surface area contributed by atoms with Crippen molar-refractivity contribution in [2.75, 3.05) is 0 Å². The maximum absolute atomic E-state index is 3.72. The van der Waals surface area contributed by atoms with Crippen LogP contribution in [0, 0.1) is 36.1 Å². The molecule has 0 aromatic rings. The van der Waals surface area contributed by atoms with E-state index in [2.05, 4.69) is 18.1 Å². The van der Waals surface area contributed by atoms with Gasteiger partial charge in [-0.3, -0.25) is 0 Å². The molecule has 3 fully saturated rings. The molecule has 0 saturated heterocycles. The quantitative estimate of drug-likeness (QED) is 0.740. The van der Waals surface area contributed by atoms with E-state index in [0.29, 0.717) is 0 Å². The van der Waals surface area contributed by atoms with Crippen molar-refractivity contribution in [2.45, 2.75) is 77.0 Å². The zero-order valence-electron chi connectivity index (χ0n) is 13.4. The first-order valence-electron chi connectivity index (χ1n) is 9.64. The van der Waals surface area contributed by atoms with Gasteiger partial charge < -0.3 is 5.32 Å². The van der Waals surface area contributed by atoms with Gasteiger partial charge >= 0.3 is 0 Å². The summed E-state index contributed by atoms with van der Waals surface area (Å²) in [5.41, 5.74) is 1.81. The molecule has 0 bridgehead atoms. The van der Waals surface area contributed by atoms with Crippen molar-refractivity contribution < 1.29 is 0 Å². The first-order chi connectivity index (χ1) is 10.4. The highest BCUT2D eigenvalue weighted by atomic mass is 14.9. The second-order valence-corrected chi connectivity index (χ2v) is 8.06. The Hall–Kier alpha value is -0.460.